The normalized spacial score (nSPS) is 19.7. The van der Waals surface area contributed by atoms with Gasteiger partial charge in [0.15, 0.2) is 5.65 Å². The number of primary amides is 1. The van der Waals surface area contributed by atoms with Gasteiger partial charge in [-0.05, 0) is 6.07 Å². The van der Waals surface area contributed by atoms with Crippen LogP contribution in [-0.2, 0) is 9.59 Å². The van der Waals surface area contributed by atoms with Crippen molar-refractivity contribution in [2.75, 3.05) is 11.4 Å². The first-order chi connectivity index (χ1) is 8.65. The first kappa shape index (κ1) is 10.7. The van der Waals surface area contributed by atoms with E-state index in [1.165, 1.54) is 4.90 Å². The van der Waals surface area contributed by atoms with Crippen molar-refractivity contribution in [2.45, 2.75) is 6.42 Å². The Hall–Kier alpha value is -2.44. The van der Waals surface area contributed by atoms with Crippen LogP contribution in [0.4, 0.5) is 5.69 Å². The largest absolute Gasteiger partial charge is 0.369 e. The van der Waals surface area contributed by atoms with Gasteiger partial charge in [0, 0.05) is 18.4 Å². The maximum Gasteiger partial charge on any atom is 0.227 e. The third-order valence-corrected chi connectivity index (χ3v) is 3.12. The van der Waals surface area contributed by atoms with Crippen LogP contribution in [-0.4, -0.2) is 33.5 Å². The fourth-order valence-corrected chi connectivity index (χ4v) is 2.12. The van der Waals surface area contributed by atoms with Crippen LogP contribution in [0.1, 0.15) is 6.42 Å². The molecule has 0 radical (unpaired) electrons. The Balaban J connectivity index is 1.94. The summed E-state index contributed by atoms with van der Waals surface area (Å²) in [7, 11) is 0. The predicted molar refractivity (Wildman–Crippen MR) is 63.5 cm³/mol. The van der Waals surface area contributed by atoms with E-state index in [4.69, 9.17) is 5.73 Å². The van der Waals surface area contributed by atoms with Crippen LogP contribution in [0.2, 0.25) is 0 Å². The van der Waals surface area contributed by atoms with Crippen molar-refractivity contribution < 1.29 is 9.59 Å². The Labute approximate surface area is 102 Å². The van der Waals surface area contributed by atoms with Gasteiger partial charge < -0.3 is 10.6 Å². The second kappa shape index (κ2) is 3.80. The van der Waals surface area contributed by atoms with Gasteiger partial charge in [0.1, 0.15) is 0 Å². The van der Waals surface area contributed by atoms with Crippen LogP contribution < -0.4 is 10.6 Å². The summed E-state index contributed by atoms with van der Waals surface area (Å²) in [5.74, 6) is -0.968. The zero-order valence-corrected chi connectivity index (χ0v) is 9.46. The number of pyridine rings is 1. The Kier molecular flexibility index (Phi) is 2.26. The first-order valence-electron chi connectivity index (χ1n) is 5.54. The maximum atomic E-state index is 11.8. The van der Waals surface area contributed by atoms with Crippen LogP contribution in [0.25, 0.3) is 11.0 Å². The minimum absolute atomic E-state index is 0.108. The van der Waals surface area contributed by atoms with Crippen molar-refractivity contribution in [1.82, 2.24) is 15.2 Å². The monoisotopic (exact) mass is 245 g/mol. The van der Waals surface area contributed by atoms with Gasteiger partial charge in [-0.1, -0.05) is 0 Å². The van der Waals surface area contributed by atoms with Gasteiger partial charge in [-0.3, -0.25) is 14.7 Å². The van der Waals surface area contributed by atoms with Crippen molar-refractivity contribution in [3.63, 3.8) is 0 Å². The molecule has 0 aliphatic carbocycles. The smallest absolute Gasteiger partial charge is 0.227 e. The van der Waals surface area contributed by atoms with Gasteiger partial charge in [0.25, 0.3) is 0 Å². The summed E-state index contributed by atoms with van der Waals surface area (Å²) in [5.41, 5.74) is 6.55. The fraction of sp³-hybridized carbons (Fsp3) is 0.273. The van der Waals surface area contributed by atoms with Crippen LogP contribution in [0, 0.1) is 5.92 Å². The molecular formula is C11H11N5O2. The summed E-state index contributed by atoms with van der Waals surface area (Å²) >= 11 is 0. The minimum Gasteiger partial charge on any atom is -0.369 e. The van der Waals surface area contributed by atoms with Crippen molar-refractivity contribution in [3.05, 3.63) is 18.5 Å². The molecule has 7 nitrogen and oxygen atoms in total. The zero-order chi connectivity index (χ0) is 12.7. The quantitative estimate of drug-likeness (QED) is 0.764. The molecule has 2 amide bonds. The molecule has 92 valence electrons. The number of carbonyl (C=O) groups excluding carboxylic acids is 2. The molecule has 1 atom stereocenters. The topological polar surface area (TPSA) is 105 Å². The lowest BCUT2D eigenvalue weighted by molar-refractivity contribution is -0.123. The number of fused-ring (bicyclic) bond motifs is 1. The van der Waals surface area contributed by atoms with E-state index in [1.54, 1.807) is 12.4 Å². The van der Waals surface area contributed by atoms with Crippen LogP contribution in [0.15, 0.2) is 18.5 Å². The second-order valence-corrected chi connectivity index (χ2v) is 4.31. The van der Waals surface area contributed by atoms with Gasteiger partial charge >= 0.3 is 0 Å². The number of nitrogens with two attached hydrogens (primary N) is 1. The van der Waals surface area contributed by atoms with E-state index in [2.05, 4.69) is 15.2 Å². The van der Waals surface area contributed by atoms with E-state index in [9.17, 15) is 9.59 Å². The molecule has 2 aromatic heterocycles. The van der Waals surface area contributed by atoms with E-state index in [0.29, 0.717) is 17.9 Å². The Morgan fingerprint density at radius 3 is 3.06 bits per heavy atom. The highest BCUT2D eigenvalue weighted by molar-refractivity contribution is 6.00. The standard InChI is InChI=1S/C11H11N5O2/c12-10(18)7-2-9(17)16(5-7)8-1-6-3-14-15-11(6)13-4-8/h1,3-4,7H,2,5H2,(H2,12,18)(H,13,14,15). The Morgan fingerprint density at radius 2 is 2.33 bits per heavy atom. The van der Waals surface area contributed by atoms with E-state index in [-0.39, 0.29) is 12.3 Å². The van der Waals surface area contributed by atoms with Crippen LogP contribution in [0.5, 0.6) is 0 Å². The molecule has 3 N–H and O–H groups in total. The molecular weight excluding hydrogens is 234 g/mol. The molecule has 7 heteroatoms. The molecule has 2 aromatic rings. The Morgan fingerprint density at radius 1 is 1.50 bits per heavy atom. The zero-order valence-electron chi connectivity index (χ0n) is 9.46. The van der Waals surface area contributed by atoms with E-state index in [0.717, 1.165) is 5.39 Å². The molecule has 1 aliphatic heterocycles. The molecule has 0 aromatic carbocycles. The lowest BCUT2D eigenvalue weighted by Crippen LogP contribution is -2.28. The predicted octanol–water partition coefficient (Wildman–Crippen LogP) is -0.204. The van der Waals surface area contributed by atoms with Gasteiger partial charge in [0.2, 0.25) is 11.8 Å². The number of anilines is 1. The number of amides is 2. The summed E-state index contributed by atoms with van der Waals surface area (Å²) < 4.78 is 0. The third kappa shape index (κ3) is 1.60. The number of hydrogen-bond acceptors (Lipinski definition) is 4. The molecule has 0 spiro atoms. The van der Waals surface area contributed by atoms with Crippen molar-refractivity contribution in [2.24, 2.45) is 11.7 Å². The average molecular weight is 245 g/mol. The molecule has 0 bridgehead atoms. The first-order valence-corrected chi connectivity index (χ1v) is 5.54. The number of rotatable bonds is 2. The van der Waals surface area contributed by atoms with Gasteiger partial charge in [0.05, 0.1) is 24.0 Å². The molecule has 3 heterocycles. The van der Waals surface area contributed by atoms with Gasteiger partial charge in [-0.2, -0.15) is 5.10 Å². The van der Waals surface area contributed by atoms with E-state index in [1.807, 2.05) is 6.07 Å². The molecule has 3 rings (SSSR count). The molecule has 1 fully saturated rings. The summed E-state index contributed by atoms with van der Waals surface area (Å²) in [6.07, 6.45) is 3.39. The van der Waals surface area contributed by atoms with Gasteiger partial charge in [-0.25, -0.2) is 4.98 Å². The average Bonchev–Trinajstić information content (AvgIpc) is 2.93. The highest BCUT2D eigenvalue weighted by Gasteiger charge is 2.34. The van der Waals surface area contributed by atoms with Crippen molar-refractivity contribution >= 4 is 28.5 Å². The number of aromatic nitrogens is 3. The summed E-state index contributed by atoms with van der Waals surface area (Å²) in [4.78, 5) is 28.6. The number of aromatic amines is 1. The molecule has 1 aliphatic rings. The molecule has 1 unspecified atom stereocenters. The van der Waals surface area contributed by atoms with Gasteiger partial charge in [-0.15, -0.1) is 0 Å². The second-order valence-electron chi connectivity index (χ2n) is 4.31. The van der Waals surface area contributed by atoms with Crippen molar-refractivity contribution in [3.8, 4) is 0 Å². The molecule has 18 heavy (non-hydrogen) atoms. The summed E-state index contributed by atoms with van der Waals surface area (Å²) in [6, 6.07) is 1.81. The SMILES string of the molecule is NC(=O)C1CC(=O)N(c2cnc3[nH]ncc3c2)C1. The number of hydrogen-bond donors (Lipinski definition) is 2. The molecule has 1 saturated heterocycles. The van der Waals surface area contributed by atoms with E-state index >= 15 is 0 Å². The number of H-pyrrole nitrogens is 1. The molecule has 0 saturated carbocycles. The number of nitrogens with one attached hydrogen (secondary N) is 1. The highest BCUT2D eigenvalue weighted by Crippen LogP contribution is 2.26. The third-order valence-electron chi connectivity index (χ3n) is 3.12. The van der Waals surface area contributed by atoms with Crippen molar-refractivity contribution in [1.29, 1.82) is 0 Å². The summed E-state index contributed by atoms with van der Waals surface area (Å²) in [6.45, 7) is 0.319. The van der Waals surface area contributed by atoms with Crippen LogP contribution in [0.3, 0.4) is 0 Å². The lowest BCUT2D eigenvalue weighted by atomic mass is 10.1. The van der Waals surface area contributed by atoms with Crippen LogP contribution >= 0.6 is 0 Å². The highest BCUT2D eigenvalue weighted by atomic mass is 16.2. The fourth-order valence-electron chi connectivity index (χ4n) is 2.12. The summed E-state index contributed by atoms with van der Waals surface area (Å²) in [5, 5.41) is 7.43. The number of carbonyl (C=O) groups is 2. The Bertz CT molecular complexity index is 635. The lowest BCUT2D eigenvalue weighted by Gasteiger charge is -2.15. The maximum absolute atomic E-state index is 11.8. The minimum atomic E-state index is -0.441. The van der Waals surface area contributed by atoms with E-state index < -0.39 is 11.8 Å². The number of nitrogens with zero attached hydrogens (tertiary/aromatic N) is 3.